The maximum absolute atomic E-state index is 12.6. The second-order valence-electron chi connectivity index (χ2n) is 10.8. The Kier molecular flexibility index (Phi) is 16.1. The van der Waals surface area contributed by atoms with Crippen molar-refractivity contribution in [3.05, 3.63) is 70.7 Å². The zero-order valence-corrected chi connectivity index (χ0v) is 27.7. The number of methoxy groups -OCH3 is 1. The van der Waals surface area contributed by atoms with Gasteiger partial charge in [-0.1, -0.05) is 94.2 Å². The molecule has 0 aliphatic rings. The fourth-order valence-electron chi connectivity index (χ4n) is 4.58. The van der Waals surface area contributed by atoms with Crippen molar-refractivity contribution in [3.63, 3.8) is 0 Å². The molecule has 2 atom stereocenters. The minimum absolute atomic E-state index is 0.130. The van der Waals surface area contributed by atoms with Gasteiger partial charge in [0.15, 0.2) is 12.7 Å². The lowest BCUT2D eigenvalue weighted by Gasteiger charge is -2.19. The van der Waals surface area contributed by atoms with Gasteiger partial charge in [0.1, 0.15) is 30.0 Å². The van der Waals surface area contributed by atoms with Crippen LogP contribution in [0.15, 0.2) is 60.2 Å². The van der Waals surface area contributed by atoms with E-state index in [1.54, 1.807) is 29.5 Å². The molecule has 1 N–H and O–H groups in total. The van der Waals surface area contributed by atoms with Crippen molar-refractivity contribution in [1.82, 2.24) is 0 Å². The molecule has 8 nitrogen and oxygen atoms in total. The molecule has 0 spiro atoms. The van der Waals surface area contributed by atoms with Crippen molar-refractivity contribution in [3.8, 4) is 17.2 Å². The molecule has 2 aromatic carbocycles. The van der Waals surface area contributed by atoms with E-state index < -0.39 is 13.9 Å². The molecule has 2 unspecified atom stereocenters. The third-order valence-corrected chi connectivity index (χ3v) is 8.74. The van der Waals surface area contributed by atoms with Gasteiger partial charge in [-0.25, -0.2) is 4.57 Å². The van der Waals surface area contributed by atoms with Gasteiger partial charge in [0.2, 0.25) is 5.51 Å². The number of unbranched alkanes of at least 4 members (excludes halogenated alkanes) is 9. The van der Waals surface area contributed by atoms with Gasteiger partial charge in [-0.05, 0) is 37.6 Å². The number of ether oxygens (including phenoxy) is 3. The highest BCUT2D eigenvalue weighted by molar-refractivity contribution is 7.47. The minimum atomic E-state index is -4.37. The Balaban J connectivity index is 1.34. The van der Waals surface area contributed by atoms with E-state index in [2.05, 4.69) is 11.5 Å². The van der Waals surface area contributed by atoms with Gasteiger partial charge in [0, 0.05) is 18.7 Å². The summed E-state index contributed by atoms with van der Waals surface area (Å²) in [5.41, 5.74) is 2.97. The van der Waals surface area contributed by atoms with Crippen LogP contribution in [0.5, 0.6) is 17.2 Å². The van der Waals surface area contributed by atoms with Crippen LogP contribution in [0.25, 0.3) is 0 Å². The number of nitrogens with zero attached hydrogens (tertiary/aromatic N) is 1. The molecule has 0 saturated heterocycles. The quantitative estimate of drug-likeness (QED) is 0.0638. The fraction of sp³-hybridized carbons (Fsp3) is 0.545. The molecule has 0 amide bonds. The summed E-state index contributed by atoms with van der Waals surface area (Å²) in [5, 5.41) is 0. The maximum atomic E-state index is 12.6. The minimum Gasteiger partial charge on any atom is -0.493 e. The normalized spacial score (nSPS) is 13.4. The summed E-state index contributed by atoms with van der Waals surface area (Å²) in [6.45, 7) is 5.56. The molecular weight excluding hydrogens is 585 g/mol. The third kappa shape index (κ3) is 14.7. The number of aryl methyl sites for hydroxylation is 1. The monoisotopic (exact) mass is 634 g/mol. The standard InChI is InChI=1S/C33H48NO7PS/c1-4-5-6-7-8-9-10-11-12-13-20-38-30-17-15-18-31(22-30)39-25-33(37-3)26-40-42(35,36)41-32-19-14-16-29(21-32)24-34-23-28(2)43-27-34/h14-19,21-23,27,33H,4-13,20,24-26H2,1-3H3/p+1. The first kappa shape index (κ1) is 35.1. The number of aromatic nitrogens is 1. The Hall–Kier alpha value is -2.42. The number of benzene rings is 2. The molecule has 0 saturated carbocycles. The molecule has 0 radical (unpaired) electrons. The molecule has 3 aromatic rings. The number of thiazole rings is 1. The van der Waals surface area contributed by atoms with Crippen LogP contribution in [-0.4, -0.2) is 37.9 Å². The van der Waals surface area contributed by atoms with Crippen molar-refractivity contribution >= 4 is 19.2 Å². The van der Waals surface area contributed by atoms with Crippen molar-refractivity contribution in [2.75, 3.05) is 26.9 Å². The average Bonchev–Trinajstić information content (AvgIpc) is 3.40. The summed E-state index contributed by atoms with van der Waals surface area (Å²) < 4.78 is 42.4. The second kappa shape index (κ2) is 19.8. The van der Waals surface area contributed by atoms with E-state index >= 15 is 0 Å². The van der Waals surface area contributed by atoms with E-state index in [1.807, 2.05) is 49.0 Å². The lowest BCUT2D eigenvalue weighted by Crippen LogP contribution is -2.30. The first-order valence-corrected chi connectivity index (χ1v) is 17.8. The van der Waals surface area contributed by atoms with E-state index in [9.17, 15) is 9.46 Å². The Morgan fingerprint density at radius 2 is 1.51 bits per heavy atom. The van der Waals surface area contributed by atoms with E-state index in [4.69, 9.17) is 23.3 Å². The Morgan fingerprint density at radius 3 is 2.19 bits per heavy atom. The Bertz CT molecular complexity index is 1240. The maximum Gasteiger partial charge on any atom is 0.527 e. The van der Waals surface area contributed by atoms with Crippen molar-refractivity contribution in [2.24, 2.45) is 0 Å². The fourth-order valence-corrected chi connectivity index (χ4v) is 6.00. The zero-order chi connectivity index (χ0) is 30.8. The molecule has 0 aliphatic heterocycles. The summed E-state index contributed by atoms with van der Waals surface area (Å²) in [5.74, 6) is 1.64. The lowest BCUT2D eigenvalue weighted by atomic mass is 10.1. The molecule has 43 heavy (non-hydrogen) atoms. The van der Waals surface area contributed by atoms with Crippen molar-refractivity contribution in [1.29, 1.82) is 0 Å². The Labute approximate surface area is 261 Å². The van der Waals surface area contributed by atoms with Crippen molar-refractivity contribution in [2.45, 2.75) is 90.7 Å². The predicted molar refractivity (Wildman–Crippen MR) is 171 cm³/mol. The average molecular weight is 635 g/mol. The summed E-state index contributed by atoms with van der Waals surface area (Å²) in [6, 6.07) is 14.5. The van der Waals surface area contributed by atoms with Gasteiger partial charge >= 0.3 is 7.82 Å². The predicted octanol–water partition coefficient (Wildman–Crippen LogP) is 8.28. The summed E-state index contributed by atoms with van der Waals surface area (Å²) in [7, 11) is -2.87. The second-order valence-corrected chi connectivity index (χ2v) is 13.3. The summed E-state index contributed by atoms with van der Waals surface area (Å²) in [4.78, 5) is 11.5. The van der Waals surface area contributed by atoms with Crippen LogP contribution in [0.1, 0.15) is 81.6 Å². The zero-order valence-electron chi connectivity index (χ0n) is 25.9. The molecule has 3 rings (SSSR count). The van der Waals surface area contributed by atoms with E-state index in [0.29, 0.717) is 18.9 Å². The van der Waals surface area contributed by atoms with Crippen LogP contribution in [0.4, 0.5) is 0 Å². The molecule has 0 fully saturated rings. The number of rotatable bonds is 23. The molecule has 1 aromatic heterocycles. The van der Waals surface area contributed by atoms with Gasteiger partial charge in [0.25, 0.3) is 0 Å². The number of phosphoric ester groups is 1. The lowest BCUT2D eigenvalue weighted by molar-refractivity contribution is -0.683. The molecule has 0 bridgehead atoms. The van der Waals surface area contributed by atoms with Gasteiger partial charge < -0.3 is 18.7 Å². The Morgan fingerprint density at radius 1 is 0.860 bits per heavy atom. The molecular formula is C33H49NO7PS+. The van der Waals surface area contributed by atoms with Gasteiger partial charge in [-0.2, -0.15) is 4.57 Å². The summed E-state index contributed by atoms with van der Waals surface area (Å²) >= 11 is 1.66. The van der Waals surface area contributed by atoms with Crippen LogP contribution in [0.2, 0.25) is 0 Å². The molecule has 0 aliphatic carbocycles. The SMILES string of the molecule is CCCCCCCCCCCCOc1cccc(OCC(COP(=O)(O)Oc2cccc(C[n+]3csc(C)c3)c2)OC)c1. The smallest absolute Gasteiger partial charge is 0.493 e. The van der Waals surface area contributed by atoms with Gasteiger partial charge in [-0.15, -0.1) is 0 Å². The molecule has 238 valence electrons. The number of phosphoric acid groups is 1. The first-order chi connectivity index (χ1) is 20.9. The number of hydrogen-bond donors (Lipinski definition) is 1. The highest BCUT2D eigenvalue weighted by Gasteiger charge is 2.26. The van der Waals surface area contributed by atoms with E-state index in [1.165, 1.54) is 69.8 Å². The van der Waals surface area contributed by atoms with E-state index in [0.717, 1.165) is 17.7 Å². The van der Waals surface area contributed by atoms with Crippen LogP contribution in [0, 0.1) is 6.92 Å². The highest BCUT2D eigenvalue weighted by atomic mass is 32.1. The van der Waals surface area contributed by atoms with Crippen LogP contribution < -0.4 is 18.6 Å². The van der Waals surface area contributed by atoms with Gasteiger partial charge in [-0.3, -0.25) is 9.42 Å². The highest BCUT2D eigenvalue weighted by Crippen LogP contribution is 2.44. The van der Waals surface area contributed by atoms with Crippen molar-refractivity contribution < 1.29 is 37.3 Å². The molecule has 1 heterocycles. The van der Waals surface area contributed by atoms with Crippen LogP contribution in [0.3, 0.4) is 0 Å². The van der Waals surface area contributed by atoms with Crippen LogP contribution in [-0.2, 0) is 20.4 Å². The van der Waals surface area contributed by atoms with E-state index in [-0.39, 0.29) is 19.0 Å². The van der Waals surface area contributed by atoms with Gasteiger partial charge in [0.05, 0.1) is 18.1 Å². The largest absolute Gasteiger partial charge is 0.527 e. The molecule has 10 heteroatoms. The first-order valence-electron chi connectivity index (χ1n) is 15.5. The third-order valence-electron chi connectivity index (χ3n) is 6.97. The number of hydrogen-bond acceptors (Lipinski definition) is 7. The summed E-state index contributed by atoms with van der Waals surface area (Å²) in [6.07, 6.45) is 14.3. The topological polar surface area (TPSA) is 87.3 Å². The van der Waals surface area contributed by atoms with Crippen LogP contribution >= 0.6 is 19.2 Å².